The summed E-state index contributed by atoms with van der Waals surface area (Å²) in [7, 11) is 1.40. The summed E-state index contributed by atoms with van der Waals surface area (Å²) in [6.45, 7) is 2.50. The number of carbonyl (C=O) groups excluding carboxylic acids is 1. The van der Waals surface area contributed by atoms with Crippen LogP contribution in [0.3, 0.4) is 0 Å². The van der Waals surface area contributed by atoms with E-state index in [1.165, 1.54) is 24.9 Å². The van der Waals surface area contributed by atoms with Gasteiger partial charge in [-0.3, -0.25) is 4.79 Å². The Morgan fingerprint density at radius 3 is 2.79 bits per heavy atom. The van der Waals surface area contributed by atoms with E-state index in [0.717, 1.165) is 19.5 Å². The van der Waals surface area contributed by atoms with Crippen molar-refractivity contribution in [3.05, 3.63) is 59.9 Å². The molecule has 1 N–H and O–H groups in total. The van der Waals surface area contributed by atoms with Crippen LogP contribution < -0.4 is 15.0 Å². The molecule has 1 fully saturated rings. The molecule has 0 bridgehead atoms. The largest absolute Gasteiger partial charge is 0.494 e. The van der Waals surface area contributed by atoms with Gasteiger partial charge in [0.1, 0.15) is 0 Å². The molecule has 0 saturated carbocycles. The zero-order chi connectivity index (χ0) is 16.9. The first-order valence-electron chi connectivity index (χ1n) is 8.09. The Hall–Kier alpha value is -2.56. The van der Waals surface area contributed by atoms with E-state index in [-0.39, 0.29) is 11.7 Å². The molecule has 1 aliphatic rings. The lowest BCUT2D eigenvalue weighted by Gasteiger charge is -2.18. The normalized spacial score (nSPS) is 16.9. The van der Waals surface area contributed by atoms with E-state index in [9.17, 15) is 9.18 Å². The number of nitrogens with zero attached hydrogens (tertiary/aromatic N) is 1. The Labute approximate surface area is 141 Å². The van der Waals surface area contributed by atoms with E-state index in [1.807, 2.05) is 18.2 Å². The Bertz CT molecular complexity index is 706. The average Bonchev–Trinajstić information content (AvgIpc) is 3.09. The van der Waals surface area contributed by atoms with Gasteiger partial charge in [0.15, 0.2) is 11.6 Å². The molecule has 1 amide bonds. The molecule has 2 aromatic rings. The van der Waals surface area contributed by atoms with Crippen molar-refractivity contribution >= 4 is 11.6 Å². The number of rotatable bonds is 5. The number of nitrogens with one attached hydrogen (secondary N) is 1. The number of anilines is 1. The van der Waals surface area contributed by atoms with E-state index >= 15 is 0 Å². The Morgan fingerprint density at radius 2 is 2.08 bits per heavy atom. The fourth-order valence-corrected chi connectivity index (χ4v) is 3.02. The molecule has 4 nitrogen and oxygen atoms in total. The fraction of sp³-hybridized carbons (Fsp3) is 0.316. The molecule has 126 valence electrons. The Kier molecular flexibility index (Phi) is 4.99. The van der Waals surface area contributed by atoms with E-state index in [4.69, 9.17) is 4.74 Å². The molecule has 3 rings (SSSR count). The van der Waals surface area contributed by atoms with E-state index in [2.05, 4.69) is 22.3 Å². The summed E-state index contributed by atoms with van der Waals surface area (Å²) >= 11 is 0. The van der Waals surface area contributed by atoms with Crippen molar-refractivity contribution in [2.45, 2.75) is 6.42 Å². The van der Waals surface area contributed by atoms with Gasteiger partial charge in [-0.15, -0.1) is 0 Å². The van der Waals surface area contributed by atoms with Crippen LogP contribution in [0, 0.1) is 11.7 Å². The van der Waals surface area contributed by atoms with Crippen molar-refractivity contribution in [1.82, 2.24) is 5.32 Å². The van der Waals surface area contributed by atoms with Gasteiger partial charge in [-0.25, -0.2) is 4.39 Å². The summed E-state index contributed by atoms with van der Waals surface area (Å²) in [4.78, 5) is 14.5. The number of methoxy groups -OCH3 is 1. The van der Waals surface area contributed by atoms with Gasteiger partial charge in [0.2, 0.25) is 0 Å². The molecule has 1 aliphatic heterocycles. The van der Waals surface area contributed by atoms with Gasteiger partial charge >= 0.3 is 0 Å². The molecule has 1 atom stereocenters. The van der Waals surface area contributed by atoms with Gasteiger partial charge in [-0.1, -0.05) is 18.2 Å². The first kappa shape index (κ1) is 16.3. The van der Waals surface area contributed by atoms with Crippen molar-refractivity contribution in [2.75, 3.05) is 31.6 Å². The molecule has 2 aromatic carbocycles. The highest BCUT2D eigenvalue weighted by Crippen LogP contribution is 2.23. The maximum atomic E-state index is 13.7. The molecule has 5 heteroatoms. The van der Waals surface area contributed by atoms with Crippen LogP contribution in [-0.2, 0) is 0 Å². The summed E-state index contributed by atoms with van der Waals surface area (Å²) in [6, 6.07) is 14.5. The second-order valence-electron chi connectivity index (χ2n) is 6.00. The molecule has 0 radical (unpaired) electrons. The van der Waals surface area contributed by atoms with Gasteiger partial charge in [0, 0.05) is 30.9 Å². The van der Waals surface area contributed by atoms with Crippen molar-refractivity contribution in [3.63, 3.8) is 0 Å². The SMILES string of the molecule is COc1ccc(C(=O)NCC2CCN(c3ccccc3)C2)cc1F. The van der Waals surface area contributed by atoms with Crippen LogP contribution in [0.2, 0.25) is 0 Å². The predicted molar refractivity (Wildman–Crippen MR) is 92.0 cm³/mol. The summed E-state index contributed by atoms with van der Waals surface area (Å²) in [5.74, 6) is -0.242. The highest BCUT2D eigenvalue weighted by molar-refractivity contribution is 5.94. The average molecular weight is 328 g/mol. The highest BCUT2D eigenvalue weighted by atomic mass is 19.1. The third-order valence-electron chi connectivity index (χ3n) is 4.37. The number of hydrogen-bond acceptors (Lipinski definition) is 3. The second-order valence-corrected chi connectivity index (χ2v) is 6.00. The maximum Gasteiger partial charge on any atom is 0.251 e. The lowest BCUT2D eigenvalue weighted by Crippen LogP contribution is -2.31. The van der Waals surface area contributed by atoms with Crippen LogP contribution in [-0.4, -0.2) is 32.7 Å². The van der Waals surface area contributed by atoms with Crippen molar-refractivity contribution in [3.8, 4) is 5.75 Å². The van der Waals surface area contributed by atoms with Crippen LogP contribution in [0.15, 0.2) is 48.5 Å². The smallest absolute Gasteiger partial charge is 0.251 e. The van der Waals surface area contributed by atoms with Crippen LogP contribution in [0.1, 0.15) is 16.8 Å². The Balaban J connectivity index is 1.53. The molecular formula is C19H21FN2O2. The van der Waals surface area contributed by atoms with E-state index in [1.54, 1.807) is 6.07 Å². The van der Waals surface area contributed by atoms with Crippen molar-refractivity contribution < 1.29 is 13.9 Å². The molecule has 1 unspecified atom stereocenters. The number of para-hydroxylation sites is 1. The summed E-state index contributed by atoms with van der Waals surface area (Å²) in [5, 5.41) is 2.90. The number of ether oxygens (including phenoxy) is 1. The first-order valence-corrected chi connectivity index (χ1v) is 8.09. The fourth-order valence-electron chi connectivity index (χ4n) is 3.02. The van der Waals surface area contributed by atoms with Gasteiger partial charge in [-0.2, -0.15) is 0 Å². The van der Waals surface area contributed by atoms with E-state index < -0.39 is 5.82 Å². The second kappa shape index (κ2) is 7.34. The van der Waals surface area contributed by atoms with Crippen LogP contribution >= 0.6 is 0 Å². The van der Waals surface area contributed by atoms with Gasteiger partial charge in [0.05, 0.1) is 7.11 Å². The minimum atomic E-state index is -0.527. The maximum absolute atomic E-state index is 13.7. The third kappa shape index (κ3) is 3.67. The van der Waals surface area contributed by atoms with Crippen molar-refractivity contribution in [2.24, 2.45) is 5.92 Å². The lowest BCUT2D eigenvalue weighted by atomic mass is 10.1. The zero-order valence-corrected chi connectivity index (χ0v) is 13.7. The number of halogens is 1. The molecule has 1 heterocycles. The monoisotopic (exact) mass is 328 g/mol. The quantitative estimate of drug-likeness (QED) is 0.917. The summed E-state index contributed by atoms with van der Waals surface area (Å²) < 4.78 is 18.5. The number of benzene rings is 2. The van der Waals surface area contributed by atoms with E-state index in [0.29, 0.717) is 18.0 Å². The molecular weight excluding hydrogens is 307 g/mol. The van der Waals surface area contributed by atoms with Crippen LogP contribution in [0.25, 0.3) is 0 Å². The summed E-state index contributed by atoms with van der Waals surface area (Å²) in [6.07, 6.45) is 1.03. The van der Waals surface area contributed by atoms with Gasteiger partial charge in [-0.05, 0) is 42.7 Å². The minimum absolute atomic E-state index is 0.140. The molecule has 0 aliphatic carbocycles. The van der Waals surface area contributed by atoms with Gasteiger partial charge < -0.3 is 15.0 Å². The zero-order valence-electron chi connectivity index (χ0n) is 13.7. The topological polar surface area (TPSA) is 41.6 Å². The Morgan fingerprint density at radius 1 is 1.29 bits per heavy atom. The molecule has 1 saturated heterocycles. The molecule has 0 aromatic heterocycles. The van der Waals surface area contributed by atoms with Crippen LogP contribution in [0.4, 0.5) is 10.1 Å². The number of hydrogen-bond donors (Lipinski definition) is 1. The highest BCUT2D eigenvalue weighted by Gasteiger charge is 2.23. The lowest BCUT2D eigenvalue weighted by molar-refractivity contribution is 0.0947. The third-order valence-corrected chi connectivity index (χ3v) is 4.37. The van der Waals surface area contributed by atoms with Crippen LogP contribution in [0.5, 0.6) is 5.75 Å². The molecule has 0 spiro atoms. The predicted octanol–water partition coefficient (Wildman–Crippen LogP) is 3.09. The first-order chi connectivity index (χ1) is 11.7. The standard InChI is InChI=1S/C19H21FN2O2/c1-24-18-8-7-15(11-17(18)20)19(23)21-12-14-9-10-22(13-14)16-5-3-2-4-6-16/h2-8,11,14H,9-10,12-13H2,1H3,(H,21,23). The summed E-state index contributed by atoms with van der Waals surface area (Å²) in [5.41, 5.74) is 1.52. The number of amides is 1. The minimum Gasteiger partial charge on any atom is -0.494 e. The molecule has 24 heavy (non-hydrogen) atoms. The van der Waals surface area contributed by atoms with Gasteiger partial charge in [0.25, 0.3) is 5.91 Å². The van der Waals surface area contributed by atoms with Crippen molar-refractivity contribution in [1.29, 1.82) is 0 Å². The number of carbonyl (C=O) groups is 1.